The number of rotatable bonds is 4. The van der Waals surface area contributed by atoms with E-state index in [2.05, 4.69) is 26.0 Å². The van der Waals surface area contributed by atoms with Crippen LogP contribution in [0.2, 0.25) is 0 Å². The molecule has 0 N–H and O–H groups in total. The van der Waals surface area contributed by atoms with Crippen LogP contribution >= 0.6 is 70.6 Å². The summed E-state index contributed by atoms with van der Waals surface area (Å²) in [6, 6.07) is 4.62. The van der Waals surface area contributed by atoms with Crippen LogP contribution < -0.4 is 0 Å². The summed E-state index contributed by atoms with van der Waals surface area (Å²) in [6.07, 6.45) is 3.11. The highest BCUT2D eigenvalue weighted by Crippen LogP contribution is 2.89. The van der Waals surface area contributed by atoms with Crippen molar-refractivity contribution >= 4 is 70.6 Å². The fourth-order valence-electron chi connectivity index (χ4n) is 2.68. The second kappa shape index (κ2) is 5.32. The van der Waals surface area contributed by atoms with Gasteiger partial charge in [0.2, 0.25) is 0 Å². The first-order valence-electron chi connectivity index (χ1n) is 6.31. The molecule has 8 heteroatoms. The molecule has 0 aromatic heterocycles. The van der Waals surface area contributed by atoms with Crippen molar-refractivity contribution in [2.45, 2.75) is 53.2 Å². The van der Waals surface area contributed by atoms with Crippen molar-refractivity contribution < 1.29 is 0 Å². The van der Waals surface area contributed by atoms with E-state index in [1.807, 2.05) is 70.6 Å². The summed E-state index contributed by atoms with van der Waals surface area (Å²) in [7, 11) is 0. The molecule has 4 aliphatic rings. The van der Waals surface area contributed by atoms with E-state index < -0.39 is 0 Å². The monoisotopic (exact) mass is 378 g/mol. The fourth-order valence-corrected chi connectivity index (χ4v) is 24.2. The molecule has 0 saturated carbocycles. The van der Waals surface area contributed by atoms with Crippen molar-refractivity contribution in [2.24, 2.45) is 0 Å². The summed E-state index contributed by atoms with van der Waals surface area (Å²) >= 11 is 12.2. The third kappa shape index (κ3) is 2.81. The SMILES string of the molecule is CC12SC3(C)SC(CCC#N)(S1)SC(CCC#N)(S2)S3. The Labute approximate surface area is 145 Å². The Morgan fingerprint density at radius 3 is 1.45 bits per heavy atom. The Bertz CT molecular complexity index is 451. The predicted octanol–water partition coefficient (Wildman–Crippen LogP) is 5.69. The second-order valence-electron chi connectivity index (χ2n) is 5.02. The molecule has 4 heterocycles. The van der Waals surface area contributed by atoms with Crippen molar-refractivity contribution in [3.05, 3.63) is 0 Å². The molecule has 0 aromatic rings. The van der Waals surface area contributed by atoms with Crippen LogP contribution in [0.15, 0.2) is 0 Å². The molecule has 108 valence electrons. The Balaban J connectivity index is 1.93. The van der Waals surface area contributed by atoms with Gasteiger partial charge in [-0.05, 0) is 26.7 Å². The molecular formula is C12H14N2S6. The summed E-state index contributed by atoms with van der Waals surface area (Å²) < 4.78 is 0.496. The minimum absolute atomic E-state index is 0.0937. The highest BCUT2D eigenvalue weighted by atomic mass is 32.4. The third-order valence-corrected chi connectivity index (χ3v) is 14.4. The minimum atomic E-state index is 0.0937. The maximum atomic E-state index is 8.97. The predicted molar refractivity (Wildman–Crippen MR) is 97.5 cm³/mol. The Hall–Kier alpha value is 1.08. The number of nitriles is 2. The van der Waals surface area contributed by atoms with Crippen LogP contribution in [0.3, 0.4) is 0 Å². The Morgan fingerprint density at radius 2 is 1.10 bits per heavy atom. The number of thioether (sulfide) groups is 6. The van der Waals surface area contributed by atoms with Gasteiger partial charge in [0, 0.05) is 12.8 Å². The average molecular weight is 379 g/mol. The van der Waals surface area contributed by atoms with Gasteiger partial charge in [0.25, 0.3) is 0 Å². The molecule has 4 fully saturated rings. The first-order valence-corrected chi connectivity index (χ1v) is 11.2. The average Bonchev–Trinajstić information content (AvgIpc) is 2.29. The van der Waals surface area contributed by atoms with Crippen LogP contribution in [0.25, 0.3) is 0 Å². The van der Waals surface area contributed by atoms with Gasteiger partial charge in [0.05, 0.1) is 12.1 Å². The van der Waals surface area contributed by atoms with E-state index >= 15 is 0 Å². The van der Waals surface area contributed by atoms with Crippen LogP contribution in [0.1, 0.15) is 39.5 Å². The zero-order chi connectivity index (χ0) is 14.5. The molecule has 0 radical (unpaired) electrons. The van der Waals surface area contributed by atoms with Gasteiger partial charge in [-0.2, -0.15) is 10.5 Å². The summed E-state index contributed by atoms with van der Waals surface area (Å²) in [4.78, 5) is 0. The first-order chi connectivity index (χ1) is 9.36. The fraction of sp³-hybridized carbons (Fsp3) is 0.833. The van der Waals surface area contributed by atoms with Crippen molar-refractivity contribution in [3.63, 3.8) is 0 Å². The van der Waals surface area contributed by atoms with Gasteiger partial charge in [-0.15, -0.1) is 70.6 Å². The smallest absolute Gasteiger partial charge is 0.114 e. The molecule has 0 unspecified atom stereocenters. The molecule has 0 spiro atoms. The summed E-state index contributed by atoms with van der Waals surface area (Å²) in [6.45, 7) is 4.65. The van der Waals surface area contributed by atoms with Crippen LogP contribution in [-0.2, 0) is 0 Å². The van der Waals surface area contributed by atoms with Crippen molar-refractivity contribution in [2.75, 3.05) is 0 Å². The molecule has 4 saturated heterocycles. The summed E-state index contributed by atoms with van der Waals surface area (Å²) in [5, 5.41) is 17.9. The van der Waals surface area contributed by atoms with E-state index in [1.165, 1.54) is 0 Å². The van der Waals surface area contributed by atoms with E-state index in [1.54, 1.807) is 0 Å². The largest absolute Gasteiger partial charge is 0.198 e. The van der Waals surface area contributed by atoms with Gasteiger partial charge in [0.15, 0.2) is 0 Å². The third-order valence-electron chi connectivity index (χ3n) is 3.13. The van der Waals surface area contributed by atoms with E-state index in [0.29, 0.717) is 12.8 Å². The maximum Gasteiger partial charge on any atom is 0.114 e. The standard InChI is InChI=1S/C12H14N2S6/c1-9-15-10(2)18-11(16-9,5-3-7-13)20-12(17-9,19-10)6-4-8-14/h3-6H2,1-2H3. The normalized spacial score (nSPS) is 48.8. The van der Waals surface area contributed by atoms with Gasteiger partial charge in [-0.3, -0.25) is 0 Å². The van der Waals surface area contributed by atoms with Crippen LogP contribution in [0.4, 0.5) is 0 Å². The van der Waals surface area contributed by atoms with Gasteiger partial charge in [-0.1, -0.05) is 0 Å². The van der Waals surface area contributed by atoms with Crippen LogP contribution in [-0.4, -0.2) is 13.6 Å². The highest BCUT2D eigenvalue weighted by Gasteiger charge is 2.69. The van der Waals surface area contributed by atoms with Gasteiger partial charge in [-0.25, -0.2) is 0 Å². The van der Waals surface area contributed by atoms with Gasteiger partial charge < -0.3 is 0 Å². The molecule has 0 aromatic carbocycles. The van der Waals surface area contributed by atoms with Crippen LogP contribution in [0.5, 0.6) is 0 Å². The van der Waals surface area contributed by atoms with Crippen molar-refractivity contribution in [1.29, 1.82) is 10.5 Å². The molecule has 0 amide bonds. The molecule has 0 aliphatic carbocycles. The second-order valence-corrected chi connectivity index (χ2v) is 18.4. The number of nitrogens with zero attached hydrogens (tertiary/aromatic N) is 2. The zero-order valence-corrected chi connectivity index (χ0v) is 16.1. The molecule has 0 atom stereocenters. The lowest BCUT2D eigenvalue weighted by atomic mass is 10.4. The molecule has 20 heavy (non-hydrogen) atoms. The summed E-state index contributed by atoms with van der Waals surface area (Å²) in [5.41, 5.74) is 0. The quantitative estimate of drug-likeness (QED) is 0.618. The lowest BCUT2D eigenvalue weighted by molar-refractivity contribution is 0.853. The van der Waals surface area contributed by atoms with E-state index in [0.717, 1.165) is 12.8 Å². The maximum absolute atomic E-state index is 8.97. The lowest BCUT2D eigenvalue weighted by Crippen LogP contribution is -2.51. The van der Waals surface area contributed by atoms with Gasteiger partial charge in [0.1, 0.15) is 13.6 Å². The molecular weight excluding hydrogens is 365 g/mol. The topological polar surface area (TPSA) is 47.6 Å². The summed E-state index contributed by atoms with van der Waals surface area (Å²) in [5.74, 6) is 0. The lowest BCUT2D eigenvalue weighted by Gasteiger charge is -2.65. The minimum Gasteiger partial charge on any atom is -0.198 e. The van der Waals surface area contributed by atoms with E-state index in [9.17, 15) is 0 Å². The molecule has 2 nitrogen and oxygen atoms in total. The van der Waals surface area contributed by atoms with Crippen molar-refractivity contribution in [1.82, 2.24) is 0 Å². The number of hydrogen-bond acceptors (Lipinski definition) is 8. The van der Waals surface area contributed by atoms with Gasteiger partial charge >= 0.3 is 0 Å². The number of hydrogen-bond donors (Lipinski definition) is 0. The van der Waals surface area contributed by atoms with E-state index in [-0.39, 0.29) is 13.6 Å². The van der Waals surface area contributed by atoms with Crippen molar-refractivity contribution in [3.8, 4) is 12.1 Å². The molecule has 4 aliphatic heterocycles. The zero-order valence-electron chi connectivity index (χ0n) is 11.2. The highest BCUT2D eigenvalue weighted by molar-refractivity contribution is 8.64. The van der Waals surface area contributed by atoms with Crippen LogP contribution in [0, 0.1) is 22.7 Å². The Morgan fingerprint density at radius 1 is 0.700 bits per heavy atom. The molecule has 4 rings (SSSR count). The first kappa shape index (κ1) is 16.0. The molecule has 4 bridgehead atoms. The van der Waals surface area contributed by atoms with E-state index in [4.69, 9.17) is 10.5 Å². The Kier molecular flexibility index (Phi) is 4.24.